The second kappa shape index (κ2) is 6.89. The maximum Gasteiger partial charge on any atom is 0.277 e. The summed E-state index contributed by atoms with van der Waals surface area (Å²) in [7, 11) is 1.63. The third-order valence-corrected chi connectivity index (χ3v) is 3.30. The number of amides is 1. The molecule has 0 saturated heterocycles. The standard InChI is InChI=1S/C18H16N2O3/c1-22-12-13-6-5-9-15(10-13)19-18(21)16-11-17(23-20-16)14-7-3-2-4-8-14/h2-11H,12H2,1H3,(H,19,21). The van der Waals surface area contributed by atoms with Crippen LogP contribution in [0.5, 0.6) is 0 Å². The number of nitrogens with zero attached hydrogens (tertiary/aromatic N) is 1. The van der Waals surface area contributed by atoms with Gasteiger partial charge >= 0.3 is 0 Å². The van der Waals surface area contributed by atoms with Crippen LogP contribution < -0.4 is 5.32 Å². The summed E-state index contributed by atoms with van der Waals surface area (Å²) in [5.41, 5.74) is 2.78. The first-order chi connectivity index (χ1) is 11.3. The Balaban J connectivity index is 1.74. The highest BCUT2D eigenvalue weighted by atomic mass is 16.5. The molecule has 116 valence electrons. The zero-order valence-corrected chi connectivity index (χ0v) is 12.7. The number of aromatic nitrogens is 1. The Morgan fingerprint density at radius 3 is 2.74 bits per heavy atom. The number of hydrogen-bond acceptors (Lipinski definition) is 4. The van der Waals surface area contributed by atoms with Crippen LogP contribution in [0.4, 0.5) is 5.69 Å². The molecule has 0 saturated carbocycles. The van der Waals surface area contributed by atoms with Gasteiger partial charge in [0.05, 0.1) is 6.61 Å². The minimum Gasteiger partial charge on any atom is -0.380 e. The topological polar surface area (TPSA) is 64.4 Å². The molecular formula is C18H16N2O3. The first-order valence-corrected chi connectivity index (χ1v) is 7.17. The SMILES string of the molecule is COCc1cccc(NC(=O)c2cc(-c3ccccc3)on2)c1. The van der Waals surface area contributed by atoms with Crippen molar-refractivity contribution in [2.45, 2.75) is 6.61 Å². The maximum absolute atomic E-state index is 12.3. The summed E-state index contributed by atoms with van der Waals surface area (Å²) in [6.07, 6.45) is 0. The van der Waals surface area contributed by atoms with E-state index < -0.39 is 0 Å². The number of ether oxygens (including phenoxy) is 1. The fourth-order valence-corrected chi connectivity index (χ4v) is 2.22. The molecule has 0 aliphatic heterocycles. The lowest BCUT2D eigenvalue weighted by Gasteiger charge is -2.05. The van der Waals surface area contributed by atoms with Gasteiger partial charge in [-0.1, -0.05) is 47.6 Å². The second-order valence-electron chi connectivity index (χ2n) is 5.03. The summed E-state index contributed by atoms with van der Waals surface area (Å²) in [4.78, 5) is 12.3. The minimum absolute atomic E-state index is 0.237. The van der Waals surface area contributed by atoms with Crippen LogP contribution in [0.15, 0.2) is 65.2 Å². The summed E-state index contributed by atoms with van der Waals surface area (Å²) >= 11 is 0. The summed E-state index contributed by atoms with van der Waals surface area (Å²) in [6.45, 7) is 0.492. The van der Waals surface area contributed by atoms with E-state index in [1.807, 2.05) is 54.6 Å². The molecule has 0 atom stereocenters. The molecule has 0 spiro atoms. The van der Waals surface area contributed by atoms with E-state index in [-0.39, 0.29) is 11.6 Å². The molecular weight excluding hydrogens is 292 g/mol. The van der Waals surface area contributed by atoms with E-state index in [9.17, 15) is 4.79 Å². The third-order valence-electron chi connectivity index (χ3n) is 3.30. The molecule has 1 N–H and O–H groups in total. The lowest BCUT2D eigenvalue weighted by atomic mass is 10.1. The Hall–Kier alpha value is -2.92. The molecule has 0 aliphatic carbocycles. The summed E-state index contributed by atoms with van der Waals surface area (Å²) in [6, 6.07) is 18.6. The lowest BCUT2D eigenvalue weighted by molar-refractivity contribution is 0.101. The van der Waals surface area contributed by atoms with Gasteiger partial charge in [0, 0.05) is 24.4 Å². The smallest absolute Gasteiger partial charge is 0.277 e. The highest BCUT2D eigenvalue weighted by Gasteiger charge is 2.14. The predicted octanol–water partition coefficient (Wildman–Crippen LogP) is 3.74. The highest BCUT2D eigenvalue weighted by molar-refractivity contribution is 6.03. The van der Waals surface area contributed by atoms with Crippen LogP contribution in [0.3, 0.4) is 0 Å². The van der Waals surface area contributed by atoms with Crippen molar-refractivity contribution in [2.24, 2.45) is 0 Å². The van der Waals surface area contributed by atoms with Crippen LogP contribution in [0.2, 0.25) is 0 Å². The third kappa shape index (κ3) is 3.64. The van der Waals surface area contributed by atoms with Gasteiger partial charge in [-0.3, -0.25) is 4.79 Å². The van der Waals surface area contributed by atoms with Crippen molar-refractivity contribution in [1.29, 1.82) is 0 Å². The molecule has 23 heavy (non-hydrogen) atoms. The van der Waals surface area contributed by atoms with E-state index >= 15 is 0 Å². The lowest BCUT2D eigenvalue weighted by Crippen LogP contribution is -2.12. The fraction of sp³-hybridized carbons (Fsp3) is 0.111. The zero-order valence-electron chi connectivity index (χ0n) is 12.7. The largest absolute Gasteiger partial charge is 0.380 e. The Labute approximate surface area is 133 Å². The number of nitrogens with one attached hydrogen (secondary N) is 1. The Kier molecular flexibility index (Phi) is 4.49. The van der Waals surface area contributed by atoms with E-state index in [1.54, 1.807) is 13.2 Å². The quantitative estimate of drug-likeness (QED) is 0.780. The number of benzene rings is 2. The Morgan fingerprint density at radius 1 is 1.13 bits per heavy atom. The van der Waals surface area contributed by atoms with Crippen molar-refractivity contribution < 1.29 is 14.1 Å². The predicted molar refractivity (Wildman–Crippen MR) is 87.0 cm³/mol. The normalized spacial score (nSPS) is 10.5. The fourth-order valence-electron chi connectivity index (χ4n) is 2.22. The molecule has 1 heterocycles. The van der Waals surface area contributed by atoms with Crippen LogP contribution >= 0.6 is 0 Å². The summed E-state index contributed by atoms with van der Waals surface area (Å²) in [5.74, 6) is 0.245. The summed E-state index contributed by atoms with van der Waals surface area (Å²) < 4.78 is 10.3. The van der Waals surface area contributed by atoms with Crippen LogP contribution in [-0.2, 0) is 11.3 Å². The molecule has 5 nitrogen and oxygen atoms in total. The number of anilines is 1. The van der Waals surface area contributed by atoms with Crippen LogP contribution in [0, 0.1) is 0 Å². The van der Waals surface area contributed by atoms with Gasteiger partial charge in [0.25, 0.3) is 5.91 Å². The van der Waals surface area contributed by atoms with Gasteiger partial charge in [-0.15, -0.1) is 0 Å². The first-order valence-electron chi connectivity index (χ1n) is 7.17. The molecule has 0 bridgehead atoms. The van der Waals surface area contributed by atoms with Crippen LogP contribution in [0.1, 0.15) is 16.1 Å². The molecule has 5 heteroatoms. The van der Waals surface area contributed by atoms with Crippen molar-refractivity contribution >= 4 is 11.6 Å². The number of methoxy groups -OCH3 is 1. The molecule has 0 unspecified atom stereocenters. The van der Waals surface area contributed by atoms with Crippen LogP contribution in [-0.4, -0.2) is 18.2 Å². The monoisotopic (exact) mass is 308 g/mol. The Morgan fingerprint density at radius 2 is 1.96 bits per heavy atom. The van der Waals surface area contributed by atoms with E-state index in [0.29, 0.717) is 18.1 Å². The maximum atomic E-state index is 12.3. The highest BCUT2D eigenvalue weighted by Crippen LogP contribution is 2.20. The van der Waals surface area contributed by atoms with Crippen molar-refractivity contribution in [3.8, 4) is 11.3 Å². The van der Waals surface area contributed by atoms with Crippen molar-refractivity contribution in [2.75, 3.05) is 12.4 Å². The van der Waals surface area contributed by atoms with Gasteiger partial charge in [-0.2, -0.15) is 0 Å². The molecule has 3 rings (SSSR count). The van der Waals surface area contributed by atoms with Gasteiger partial charge in [0.1, 0.15) is 0 Å². The number of carbonyl (C=O) groups excluding carboxylic acids is 1. The van der Waals surface area contributed by atoms with E-state index in [2.05, 4.69) is 10.5 Å². The number of hydrogen-bond donors (Lipinski definition) is 1. The average molecular weight is 308 g/mol. The molecule has 0 radical (unpaired) electrons. The van der Waals surface area contributed by atoms with E-state index in [1.165, 1.54) is 0 Å². The van der Waals surface area contributed by atoms with Crippen LogP contribution in [0.25, 0.3) is 11.3 Å². The molecule has 2 aromatic carbocycles. The molecule has 0 fully saturated rings. The molecule has 1 amide bonds. The summed E-state index contributed by atoms with van der Waals surface area (Å²) in [5, 5.41) is 6.64. The number of rotatable bonds is 5. The molecule has 1 aromatic heterocycles. The van der Waals surface area contributed by atoms with Crippen molar-refractivity contribution in [3.63, 3.8) is 0 Å². The van der Waals surface area contributed by atoms with Crippen molar-refractivity contribution in [3.05, 3.63) is 71.9 Å². The minimum atomic E-state index is -0.314. The van der Waals surface area contributed by atoms with Crippen molar-refractivity contribution in [1.82, 2.24) is 5.16 Å². The molecule has 3 aromatic rings. The average Bonchev–Trinajstić information content (AvgIpc) is 3.06. The van der Waals surface area contributed by atoms with Gasteiger partial charge in [0.2, 0.25) is 0 Å². The van der Waals surface area contributed by atoms with Gasteiger partial charge in [-0.05, 0) is 17.7 Å². The van der Waals surface area contributed by atoms with Gasteiger partial charge in [0.15, 0.2) is 11.5 Å². The van der Waals surface area contributed by atoms with E-state index in [0.717, 1.165) is 11.1 Å². The Bertz CT molecular complexity index is 797. The zero-order chi connectivity index (χ0) is 16.1. The number of carbonyl (C=O) groups is 1. The van der Waals surface area contributed by atoms with Gasteiger partial charge < -0.3 is 14.6 Å². The molecule has 0 aliphatic rings. The van der Waals surface area contributed by atoms with E-state index in [4.69, 9.17) is 9.26 Å². The first kappa shape index (κ1) is 15.0. The van der Waals surface area contributed by atoms with Gasteiger partial charge in [-0.25, -0.2) is 0 Å². The second-order valence-corrected chi connectivity index (χ2v) is 5.03.